The minimum absolute atomic E-state index is 0.247. The summed E-state index contributed by atoms with van der Waals surface area (Å²) in [6, 6.07) is 12.2. The summed E-state index contributed by atoms with van der Waals surface area (Å²) in [5.41, 5.74) is 2.42. The van der Waals surface area contributed by atoms with Crippen LogP contribution in [0.25, 0.3) is 11.6 Å². The maximum atomic E-state index is 13.1. The number of nitriles is 1. The average Bonchev–Trinajstić information content (AvgIpc) is 2.41. The molecule has 0 unspecified atom stereocenters. The van der Waals surface area contributed by atoms with Crippen molar-refractivity contribution in [3.8, 4) is 6.07 Å². The van der Waals surface area contributed by atoms with Crippen LogP contribution >= 0.6 is 0 Å². The van der Waals surface area contributed by atoms with E-state index in [4.69, 9.17) is 5.26 Å². The van der Waals surface area contributed by atoms with Gasteiger partial charge in [-0.25, -0.2) is 4.39 Å². The van der Waals surface area contributed by atoms with Gasteiger partial charge in [0.15, 0.2) is 0 Å². The molecule has 2 aromatic rings. The van der Waals surface area contributed by atoms with Crippen molar-refractivity contribution in [1.82, 2.24) is 4.98 Å². The zero-order valence-electron chi connectivity index (χ0n) is 9.89. The van der Waals surface area contributed by atoms with E-state index in [2.05, 4.69) is 11.1 Å². The van der Waals surface area contributed by atoms with Crippen LogP contribution in [-0.4, -0.2) is 4.98 Å². The van der Waals surface area contributed by atoms with E-state index in [0.717, 1.165) is 5.56 Å². The van der Waals surface area contributed by atoms with Crippen LogP contribution in [0, 0.1) is 24.1 Å². The molecule has 0 spiro atoms. The molecule has 88 valence electrons. The molecule has 2 nitrogen and oxygen atoms in total. The monoisotopic (exact) mass is 238 g/mol. The molecule has 0 saturated carbocycles. The molecule has 1 aromatic carbocycles. The van der Waals surface area contributed by atoms with E-state index in [1.807, 2.05) is 6.07 Å². The molecule has 3 heteroatoms. The van der Waals surface area contributed by atoms with Gasteiger partial charge in [0.1, 0.15) is 11.9 Å². The summed E-state index contributed by atoms with van der Waals surface area (Å²) in [5.74, 6) is -0.247. The molecule has 0 fully saturated rings. The van der Waals surface area contributed by atoms with Gasteiger partial charge in [0.05, 0.1) is 11.3 Å². The van der Waals surface area contributed by atoms with Crippen molar-refractivity contribution in [1.29, 1.82) is 5.26 Å². The Morgan fingerprint density at radius 2 is 2.17 bits per heavy atom. The zero-order chi connectivity index (χ0) is 13.0. The third-order valence-electron chi connectivity index (χ3n) is 2.55. The average molecular weight is 238 g/mol. The number of hydrogen-bond acceptors (Lipinski definition) is 2. The second kappa shape index (κ2) is 5.24. The van der Waals surface area contributed by atoms with Gasteiger partial charge >= 0.3 is 0 Å². The van der Waals surface area contributed by atoms with Gasteiger partial charge in [-0.2, -0.15) is 5.26 Å². The van der Waals surface area contributed by atoms with Gasteiger partial charge in [0, 0.05) is 6.20 Å². The first-order valence-corrected chi connectivity index (χ1v) is 5.50. The highest BCUT2D eigenvalue weighted by Crippen LogP contribution is 2.17. The summed E-state index contributed by atoms with van der Waals surface area (Å²) < 4.78 is 13.1. The van der Waals surface area contributed by atoms with E-state index in [-0.39, 0.29) is 5.82 Å². The number of nitrogens with zero attached hydrogens (tertiary/aromatic N) is 2. The van der Waals surface area contributed by atoms with Crippen LogP contribution in [0.15, 0.2) is 42.6 Å². The molecule has 2 rings (SSSR count). The molecule has 0 bridgehead atoms. The first-order valence-electron chi connectivity index (χ1n) is 5.50. The van der Waals surface area contributed by atoms with Crippen LogP contribution in [-0.2, 0) is 0 Å². The quantitative estimate of drug-likeness (QED) is 0.749. The summed E-state index contributed by atoms with van der Waals surface area (Å²) in [6.07, 6.45) is 3.34. The Kier molecular flexibility index (Phi) is 3.49. The highest BCUT2D eigenvalue weighted by molar-refractivity contribution is 5.88. The lowest BCUT2D eigenvalue weighted by atomic mass is 10.1. The van der Waals surface area contributed by atoms with E-state index in [0.29, 0.717) is 16.8 Å². The minimum atomic E-state index is -0.247. The van der Waals surface area contributed by atoms with E-state index in [1.54, 1.807) is 43.5 Å². The Hall–Kier alpha value is -2.47. The van der Waals surface area contributed by atoms with Gasteiger partial charge in [-0.15, -0.1) is 0 Å². The Morgan fingerprint density at radius 3 is 2.78 bits per heavy atom. The molecule has 0 aliphatic heterocycles. The number of rotatable bonds is 2. The van der Waals surface area contributed by atoms with Crippen molar-refractivity contribution < 1.29 is 4.39 Å². The van der Waals surface area contributed by atoms with Crippen molar-refractivity contribution in [2.24, 2.45) is 0 Å². The largest absolute Gasteiger partial charge is 0.256 e. The van der Waals surface area contributed by atoms with Crippen molar-refractivity contribution in [2.45, 2.75) is 6.92 Å². The van der Waals surface area contributed by atoms with E-state index in [1.165, 1.54) is 6.07 Å². The lowest BCUT2D eigenvalue weighted by Gasteiger charge is -2.00. The Bertz CT molecular complexity index is 625. The molecule has 0 aliphatic carbocycles. The number of halogens is 1. The normalized spacial score (nSPS) is 11.1. The molecule has 0 saturated heterocycles. The summed E-state index contributed by atoms with van der Waals surface area (Å²) >= 11 is 0. The standard InChI is InChI=1S/C15H11FN2/c1-11-8-12(5-6-14(11)16)9-13(10-17)15-4-2-3-7-18-15/h2-9H,1H3/b13-9-. The van der Waals surface area contributed by atoms with Crippen LogP contribution < -0.4 is 0 Å². The number of aryl methyl sites for hydroxylation is 1. The van der Waals surface area contributed by atoms with Gasteiger partial charge in [-0.1, -0.05) is 12.1 Å². The molecule has 0 atom stereocenters. The molecule has 0 radical (unpaired) electrons. The SMILES string of the molecule is Cc1cc(/C=C(/C#N)c2ccccn2)ccc1F. The maximum absolute atomic E-state index is 13.1. The maximum Gasteiger partial charge on any atom is 0.126 e. The molecular weight excluding hydrogens is 227 g/mol. The molecule has 0 amide bonds. The van der Waals surface area contributed by atoms with Crippen LogP contribution in [0.5, 0.6) is 0 Å². The van der Waals surface area contributed by atoms with Gasteiger partial charge < -0.3 is 0 Å². The van der Waals surface area contributed by atoms with Crippen LogP contribution in [0.4, 0.5) is 4.39 Å². The van der Waals surface area contributed by atoms with E-state index >= 15 is 0 Å². The Balaban J connectivity index is 2.42. The number of aromatic nitrogens is 1. The number of pyridine rings is 1. The smallest absolute Gasteiger partial charge is 0.126 e. The fourth-order valence-electron chi connectivity index (χ4n) is 1.61. The van der Waals surface area contributed by atoms with E-state index < -0.39 is 0 Å². The fraction of sp³-hybridized carbons (Fsp3) is 0.0667. The van der Waals surface area contributed by atoms with E-state index in [9.17, 15) is 4.39 Å². The molecule has 0 aliphatic rings. The predicted molar refractivity (Wildman–Crippen MR) is 68.9 cm³/mol. The van der Waals surface area contributed by atoms with Crippen molar-refractivity contribution in [2.75, 3.05) is 0 Å². The number of benzene rings is 1. The summed E-state index contributed by atoms with van der Waals surface area (Å²) in [5, 5.41) is 9.13. The lowest BCUT2D eigenvalue weighted by Crippen LogP contribution is -1.87. The van der Waals surface area contributed by atoms with Crippen molar-refractivity contribution in [3.05, 3.63) is 65.2 Å². The van der Waals surface area contributed by atoms with Crippen LogP contribution in [0.3, 0.4) is 0 Å². The van der Waals surface area contributed by atoms with Gasteiger partial charge in [0.25, 0.3) is 0 Å². The number of hydrogen-bond donors (Lipinski definition) is 0. The third kappa shape index (κ3) is 2.61. The topological polar surface area (TPSA) is 36.7 Å². The van der Waals surface area contributed by atoms with Gasteiger partial charge in [0.2, 0.25) is 0 Å². The van der Waals surface area contributed by atoms with Crippen molar-refractivity contribution in [3.63, 3.8) is 0 Å². The highest BCUT2D eigenvalue weighted by atomic mass is 19.1. The van der Waals surface area contributed by atoms with Crippen LogP contribution in [0.1, 0.15) is 16.8 Å². The molecular formula is C15H11FN2. The molecule has 1 heterocycles. The fourth-order valence-corrected chi connectivity index (χ4v) is 1.61. The Morgan fingerprint density at radius 1 is 1.33 bits per heavy atom. The van der Waals surface area contributed by atoms with Crippen molar-refractivity contribution >= 4 is 11.6 Å². The second-order valence-corrected chi connectivity index (χ2v) is 3.89. The van der Waals surface area contributed by atoms with Gasteiger partial charge in [-0.3, -0.25) is 4.98 Å². The lowest BCUT2D eigenvalue weighted by molar-refractivity contribution is 0.618. The summed E-state index contributed by atoms with van der Waals surface area (Å²) in [4.78, 5) is 4.12. The summed E-state index contributed by atoms with van der Waals surface area (Å²) in [6.45, 7) is 1.69. The number of allylic oxidation sites excluding steroid dienone is 1. The molecule has 18 heavy (non-hydrogen) atoms. The molecule has 1 aromatic heterocycles. The third-order valence-corrected chi connectivity index (χ3v) is 2.55. The van der Waals surface area contributed by atoms with Crippen LogP contribution in [0.2, 0.25) is 0 Å². The minimum Gasteiger partial charge on any atom is -0.256 e. The first kappa shape index (κ1) is 12.0. The molecule has 0 N–H and O–H groups in total. The van der Waals surface area contributed by atoms with Gasteiger partial charge in [-0.05, 0) is 48.4 Å². The second-order valence-electron chi connectivity index (χ2n) is 3.89. The first-order chi connectivity index (χ1) is 8.70. The predicted octanol–water partition coefficient (Wildman–Crippen LogP) is 3.59. The highest BCUT2D eigenvalue weighted by Gasteiger charge is 2.03. The zero-order valence-corrected chi connectivity index (χ0v) is 9.89. The summed E-state index contributed by atoms with van der Waals surface area (Å²) in [7, 11) is 0. The Labute approximate surface area is 105 Å².